The molecule has 160 valence electrons. The summed E-state index contributed by atoms with van der Waals surface area (Å²) in [5.74, 6) is -4.76. The third kappa shape index (κ3) is 3.37. The van der Waals surface area contributed by atoms with Gasteiger partial charge in [-0.05, 0) is 19.4 Å². The molecular formula is C19H20F3N5O3. The fraction of sp³-hybridized carbons (Fsp3) is 0.474. The van der Waals surface area contributed by atoms with E-state index in [-0.39, 0.29) is 38.6 Å². The van der Waals surface area contributed by atoms with E-state index in [4.69, 9.17) is 4.74 Å². The van der Waals surface area contributed by atoms with Crippen LogP contribution >= 0.6 is 0 Å². The Bertz CT molecular complexity index is 1030. The van der Waals surface area contributed by atoms with Crippen molar-refractivity contribution in [3.63, 3.8) is 0 Å². The zero-order chi connectivity index (χ0) is 21.5. The van der Waals surface area contributed by atoms with Crippen LogP contribution in [-0.4, -0.2) is 57.9 Å². The molecule has 1 unspecified atom stereocenters. The van der Waals surface area contributed by atoms with Crippen molar-refractivity contribution in [2.45, 2.75) is 25.8 Å². The Morgan fingerprint density at radius 3 is 2.83 bits per heavy atom. The summed E-state index contributed by atoms with van der Waals surface area (Å²) in [6.07, 6.45) is 3.64. The number of fused-ring (bicyclic) bond motifs is 1. The molecule has 8 nitrogen and oxygen atoms in total. The second kappa shape index (κ2) is 7.29. The molecule has 1 amide bonds. The number of aromatic nitrogens is 3. The van der Waals surface area contributed by atoms with Gasteiger partial charge in [0.15, 0.2) is 0 Å². The van der Waals surface area contributed by atoms with Gasteiger partial charge in [-0.3, -0.25) is 19.6 Å². The van der Waals surface area contributed by atoms with E-state index in [1.54, 1.807) is 18.5 Å². The van der Waals surface area contributed by atoms with Crippen LogP contribution < -0.4 is 15.2 Å². The van der Waals surface area contributed by atoms with Gasteiger partial charge < -0.3 is 14.5 Å². The third-order valence-electron chi connectivity index (χ3n) is 5.72. The number of hydrogen-bond donors (Lipinski definition) is 1. The Kier molecular flexibility index (Phi) is 4.91. The van der Waals surface area contributed by atoms with Gasteiger partial charge in [-0.1, -0.05) is 0 Å². The molecule has 11 heteroatoms. The molecule has 0 radical (unpaired) electrons. The zero-order valence-electron chi connectivity index (χ0n) is 16.2. The Labute approximate surface area is 169 Å². The van der Waals surface area contributed by atoms with Crippen LogP contribution in [0.2, 0.25) is 0 Å². The molecule has 0 spiro atoms. The van der Waals surface area contributed by atoms with Gasteiger partial charge in [0, 0.05) is 24.5 Å². The molecular weight excluding hydrogens is 403 g/mol. The summed E-state index contributed by atoms with van der Waals surface area (Å²) in [7, 11) is 0. The van der Waals surface area contributed by atoms with Crippen molar-refractivity contribution in [3.05, 3.63) is 46.4 Å². The van der Waals surface area contributed by atoms with E-state index in [1.807, 2.05) is 0 Å². The van der Waals surface area contributed by atoms with Crippen molar-refractivity contribution < 1.29 is 22.7 Å². The van der Waals surface area contributed by atoms with Gasteiger partial charge in [0.1, 0.15) is 17.8 Å². The first-order chi connectivity index (χ1) is 14.2. The molecule has 0 aromatic carbocycles. The number of alkyl halides is 2. The Morgan fingerprint density at radius 2 is 2.10 bits per heavy atom. The number of nitrogens with zero attached hydrogens (tertiary/aromatic N) is 4. The normalized spacial score (nSPS) is 23.3. The second-order valence-electron chi connectivity index (χ2n) is 7.65. The highest BCUT2D eigenvalue weighted by Gasteiger charge is 2.59. The van der Waals surface area contributed by atoms with Crippen molar-refractivity contribution in [2.24, 2.45) is 5.41 Å². The summed E-state index contributed by atoms with van der Waals surface area (Å²) in [5, 5.41) is 0. The molecule has 1 saturated heterocycles. The Morgan fingerprint density at radius 1 is 1.30 bits per heavy atom. The number of carbonyl (C=O) groups is 1. The number of nitrogens with one attached hydrogen (secondary N) is 1. The summed E-state index contributed by atoms with van der Waals surface area (Å²) >= 11 is 0. The van der Waals surface area contributed by atoms with Crippen molar-refractivity contribution in [1.82, 2.24) is 19.9 Å². The average molecular weight is 423 g/mol. The minimum Gasteiger partial charge on any atom is -0.491 e. The van der Waals surface area contributed by atoms with Crippen molar-refractivity contribution in [3.8, 4) is 5.75 Å². The van der Waals surface area contributed by atoms with E-state index in [2.05, 4.69) is 15.0 Å². The number of ether oxygens (including phenoxy) is 1. The van der Waals surface area contributed by atoms with Crippen LogP contribution in [0.15, 0.2) is 29.5 Å². The molecule has 4 heterocycles. The number of piperidine rings is 1. The van der Waals surface area contributed by atoms with E-state index in [9.17, 15) is 14.0 Å². The van der Waals surface area contributed by atoms with Gasteiger partial charge in [0.2, 0.25) is 17.7 Å². The lowest BCUT2D eigenvalue weighted by molar-refractivity contribution is -0.173. The van der Waals surface area contributed by atoms with Crippen molar-refractivity contribution >= 4 is 11.9 Å². The maximum Gasteiger partial charge on any atom is 0.288 e. The summed E-state index contributed by atoms with van der Waals surface area (Å²) < 4.78 is 49.2. The molecule has 2 aromatic heterocycles. The van der Waals surface area contributed by atoms with Gasteiger partial charge >= 0.3 is 0 Å². The highest BCUT2D eigenvalue weighted by atomic mass is 19.3. The highest BCUT2D eigenvalue weighted by molar-refractivity contribution is 5.84. The van der Waals surface area contributed by atoms with E-state index >= 15 is 8.78 Å². The largest absolute Gasteiger partial charge is 0.491 e. The van der Waals surface area contributed by atoms with E-state index < -0.39 is 35.2 Å². The quantitative estimate of drug-likeness (QED) is 0.789. The number of hydrogen-bond acceptors (Lipinski definition) is 6. The smallest absolute Gasteiger partial charge is 0.288 e. The van der Waals surface area contributed by atoms with Crippen LogP contribution in [-0.2, 0) is 11.3 Å². The molecule has 30 heavy (non-hydrogen) atoms. The van der Waals surface area contributed by atoms with Crippen LogP contribution in [0.1, 0.15) is 18.9 Å². The number of aromatic amines is 1. The van der Waals surface area contributed by atoms with Crippen molar-refractivity contribution in [2.75, 3.05) is 31.1 Å². The number of H-pyrrole nitrogens is 1. The highest BCUT2D eigenvalue weighted by Crippen LogP contribution is 2.46. The summed E-state index contributed by atoms with van der Waals surface area (Å²) in [6, 6.07) is 1.68. The minimum absolute atomic E-state index is 0.0505. The predicted octanol–water partition coefficient (Wildman–Crippen LogP) is 1.58. The molecule has 2 aliphatic rings. The van der Waals surface area contributed by atoms with Gasteiger partial charge in [-0.2, -0.15) is 4.39 Å². The number of carbonyl (C=O) groups excluding carboxylic acids is 1. The lowest BCUT2D eigenvalue weighted by atomic mass is 9.75. The minimum atomic E-state index is -3.42. The number of anilines is 1. The molecule has 0 aliphatic carbocycles. The number of pyridine rings is 1. The van der Waals surface area contributed by atoms with Gasteiger partial charge in [0.25, 0.3) is 11.5 Å². The second-order valence-corrected chi connectivity index (χ2v) is 7.65. The average Bonchev–Trinajstić information content (AvgIpc) is 2.94. The van der Waals surface area contributed by atoms with E-state index in [1.165, 1.54) is 11.8 Å². The van der Waals surface area contributed by atoms with Gasteiger partial charge in [-0.25, -0.2) is 13.8 Å². The molecule has 1 N–H and O–H groups in total. The lowest BCUT2D eigenvalue weighted by Crippen LogP contribution is -2.61. The molecule has 4 rings (SSSR count). The first kappa shape index (κ1) is 20.2. The molecule has 2 aromatic rings. The maximum atomic E-state index is 15.2. The first-order valence-electron chi connectivity index (χ1n) is 9.44. The fourth-order valence-corrected chi connectivity index (χ4v) is 3.76. The molecule has 0 saturated carbocycles. The van der Waals surface area contributed by atoms with E-state index in [0.29, 0.717) is 17.5 Å². The van der Waals surface area contributed by atoms with E-state index in [0.717, 1.165) is 4.90 Å². The van der Waals surface area contributed by atoms with Crippen LogP contribution in [0, 0.1) is 11.2 Å². The number of halogens is 3. The van der Waals surface area contributed by atoms with Crippen LogP contribution in [0.25, 0.3) is 0 Å². The Hall–Kier alpha value is -3.11. The lowest BCUT2D eigenvalue weighted by Gasteiger charge is -2.46. The molecule has 2 aliphatic heterocycles. The number of rotatable bonds is 2. The zero-order valence-corrected chi connectivity index (χ0v) is 16.2. The SMILES string of the molecule is CC1(C(=O)N2CCOc3ccncc3C2)CCN(c2ncc(F)c(=O)[nH]2)CC1(F)F. The summed E-state index contributed by atoms with van der Waals surface area (Å²) in [5.41, 5.74) is -2.33. The molecule has 1 atom stereocenters. The Balaban J connectivity index is 1.56. The number of amides is 1. The van der Waals surface area contributed by atoms with Crippen LogP contribution in [0.5, 0.6) is 5.75 Å². The summed E-state index contributed by atoms with van der Waals surface area (Å²) in [4.78, 5) is 37.1. The summed E-state index contributed by atoms with van der Waals surface area (Å²) in [6.45, 7) is 0.974. The monoisotopic (exact) mass is 423 g/mol. The maximum absolute atomic E-state index is 15.2. The molecule has 1 fully saturated rings. The van der Waals surface area contributed by atoms with Gasteiger partial charge in [0.05, 0.1) is 25.8 Å². The first-order valence-corrected chi connectivity index (χ1v) is 9.44. The molecule has 0 bridgehead atoms. The topological polar surface area (TPSA) is 91.4 Å². The van der Waals surface area contributed by atoms with Crippen LogP contribution in [0.4, 0.5) is 19.1 Å². The van der Waals surface area contributed by atoms with Crippen LogP contribution in [0.3, 0.4) is 0 Å². The standard InChI is InChI=1S/C19H20F3N5O3/c1-18(16(29)26-6-7-30-14-2-4-23-8-12(14)10-26)3-5-27(11-19(18,21)22)17-24-9-13(20)15(28)25-17/h2,4,8-9H,3,5-7,10-11H2,1H3,(H,24,25,28). The predicted molar refractivity (Wildman–Crippen MR) is 99.8 cm³/mol. The van der Waals surface area contributed by atoms with Crippen molar-refractivity contribution in [1.29, 1.82) is 0 Å². The third-order valence-corrected chi connectivity index (χ3v) is 5.72. The fourth-order valence-electron chi connectivity index (χ4n) is 3.76. The van der Waals surface area contributed by atoms with Gasteiger partial charge in [-0.15, -0.1) is 0 Å².